The van der Waals surface area contributed by atoms with Crippen LogP contribution < -0.4 is 16.0 Å². The van der Waals surface area contributed by atoms with E-state index in [2.05, 4.69) is 16.0 Å². The fraction of sp³-hybridized carbons (Fsp3) is 0.263. The Kier molecular flexibility index (Phi) is 6.04. The molecular weight excluding hydrogens is 338 g/mol. The summed E-state index contributed by atoms with van der Waals surface area (Å²) in [5, 5.41) is 9.27. The molecule has 0 fully saturated rings. The summed E-state index contributed by atoms with van der Waals surface area (Å²) in [5.41, 5.74) is 1.66. The van der Waals surface area contributed by atoms with Crippen molar-refractivity contribution in [2.45, 2.75) is 26.3 Å². The molecule has 6 heteroatoms. The minimum absolute atomic E-state index is 0.118. The van der Waals surface area contributed by atoms with Crippen LogP contribution in [0.2, 0.25) is 5.02 Å². The molecule has 2 aromatic rings. The molecule has 0 heterocycles. The lowest BCUT2D eigenvalue weighted by atomic mass is 10.1. The van der Waals surface area contributed by atoms with Crippen molar-refractivity contribution in [2.24, 2.45) is 0 Å². The highest BCUT2D eigenvalue weighted by molar-refractivity contribution is 6.30. The number of carbonyl (C=O) groups excluding carboxylic acids is 2. The summed E-state index contributed by atoms with van der Waals surface area (Å²) in [6.45, 7) is 5.89. The Morgan fingerprint density at radius 2 is 1.68 bits per heavy atom. The SMILES string of the molecule is CC(C)(C)NC(=O)c1ccc(NC(=O)CNc2cccc(Cl)c2)cc1. The molecule has 2 rings (SSSR count). The monoisotopic (exact) mass is 359 g/mol. The van der Waals surface area contributed by atoms with Crippen LogP contribution in [0, 0.1) is 0 Å². The van der Waals surface area contributed by atoms with E-state index in [-0.39, 0.29) is 23.9 Å². The van der Waals surface area contributed by atoms with Crippen molar-refractivity contribution in [2.75, 3.05) is 17.2 Å². The van der Waals surface area contributed by atoms with E-state index in [9.17, 15) is 9.59 Å². The molecule has 0 aliphatic rings. The molecule has 0 saturated carbocycles. The van der Waals surface area contributed by atoms with Gasteiger partial charge in [0.05, 0.1) is 6.54 Å². The highest BCUT2D eigenvalue weighted by Crippen LogP contribution is 2.15. The third-order valence-electron chi connectivity index (χ3n) is 3.20. The maximum absolute atomic E-state index is 12.1. The number of halogens is 1. The van der Waals surface area contributed by atoms with E-state index >= 15 is 0 Å². The summed E-state index contributed by atoms with van der Waals surface area (Å²) in [6, 6.07) is 13.9. The number of nitrogens with one attached hydrogen (secondary N) is 3. The molecule has 0 radical (unpaired) electrons. The number of benzene rings is 2. The van der Waals surface area contributed by atoms with Gasteiger partial charge in [-0.2, -0.15) is 0 Å². The Morgan fingerprint density at radius 1 is 1.00 bits per heavy atom. The van der Waals surface area contributed by atoms with Gasteiger partial charge in [0.25, 0.3) is 5.91 Å². The first-order valence-electron chi connectivity index (χ1n) is 7.95. The summed E-state index contributed by atoms with van der Waals surface area (Å²) in [7, 11) is 0. The number of anilines is 2. The molecule has 25 heavy (non-hydrogen) atoms. The van der Waals surface area contributed by atoms with Crippen LogP contribution in [0.25, 0.3) is 0 Å². The zero-order valence-corrected chi connectivity index (χ0v) is 15.3. The second kappa shape index (κ2) is 8.03. The van der Waals surface area contributed by atoms with Crippen LogP contribution in [0.5, 0.6) is 0 Å². The van der Waals surface area contributed by atoms with E-state index in [1.807, 2.05) is 32.9 Å². The number of amides is 2. The molecule has 0 unspecified atom stereocenters. The van der Waals surface area contributed by atoms with Crippen LogP contribution in [-0.2, 0) is 4.79 Å². The normalized spacial score (nSPS) is 10.9. The van der Waals surface area contributed by atoms with Crippen molar-refractivity contribution in [3.63, 3.8) is 0 Å². The van der Waals surface area contributed by atoms with Gasteiger partial charge in [-0.3, -0.25) is 9.59 Å². The molecule has 0 saturated heterocycles. The number of rotatable bonds is 5. The van der Waals surface area contributed by atoms with Crippen molar-refractivity contribution in [1.82, 2.24) is 5.32 Å². The van der Waals surface area contributed by atoms with E-state index < -0.39 is 0 Å². The molecule has 2 aromatic carbocycles. The second-order valence-corrected chi connectivity index (χ2v) is 7.13. The van der Waals surface area contributed by atoms with Crippen molar-refractivity contribution in [3.05, 3.63) is 59.1 Å². The van der Waals surface area contributed by atoms with Crippen LogP contribution >= 0.6 is 11.6 Å². The van der Waals surface area contributed by atoms with Gasteiger partial charge < -0.3 is 16.0 Å². The number of hydrogen-bond acceptors (Lipinski definition) is 3. The summed E-state index contributed by atoms with van der Waals surface area (Å²) >= 11 is 5.90. The van der Waals surface area contributed by atoms with Gasteiger partial charge in [-0.15, -0.1) is 0 Å². The topological polar surface area (TPSA) is 70.2 Å². The fourth-order valence-corrected chi connectivity index (χ4v) is 2.29. The van der Waals surface area contributed by atoms with Crippen LogP contribution in [0.4, 0.5) is 11.4 Å². The van der Waals surface area contributed by atoms with Crippen LogP contribution in [0.1, 0.15) is 31.1 Å². The van der Waals surface area contributed by atoms with E-state index in [4.69, 9.17) is 11.6 Å². The molecule has 5 nitrogen and oxygen atoms in total. The van der Waals surface area contributed by atoms with E-state index in [0.29, 0.717) is 16.3 Å². The fourth-order valence-electron chi connectivity index (χ4n) is 2.10. The maximum atomic E-state index is 12.1. The molecule has 0 aliphatic carbocycles. The summed E-state index contributed by atoms with van der Waals surface area (Å²) < 4.78 is 0. The lowest BCUT2D eigenvalue weighted by Gasteiger charge is -2.20. The van der Waals surface area contributed by atoms with Crippen molar-refractivity contribution in [1.29, 1.82) is 0 Å². The Bertz CT molecular complexity index is 752. The minimum atomic E-state index is -0.296. The summed E-state index contributed by atoms with van der Waals surface area (Å²) in [5.74, 6) is -0.333. The average Bonchev–Trinajstić information content (AvgIpc) is 2.52. The van der Waals surface area contributed by atoms with Crippen molar-refractivity contribution in [3.8, 4) is 0 Å². The van der Waals surface area contributed by atoms with E-state index in [1.54, 1.807) is 36.4 Å². The standard InChI is InChI=1S/C19H22ClN3O2/c1-19(2,3)23-18(25)13-7-9-15(10-8-13)22-17(24)12-21-16-6-4-5-14(20)11-16/h4-11,21H,12H2,1-3H3,(H,22,24)(H,23,25). The Balaban J connectivity index is 1.88. The molecule has 0 atom stereocenters. The first-order chi connectivity index (χ1) is 11.7. The molecule has 0 aliphatic heterocycles. The Morgan fingerprint density at radius 3 is 2.28 bits per heavy atom. The maximum Gasteiger partial charge on any atom is 0.251 e. The summed E-state index contributed by atoms with van der Waals surface area (Å²) in [4.78, 5) is 24.1. The van der Waals surface area contributed by atoms with Crippen LogP contribution in [-0.4, -0.2) is 23.9 Å². The quantitative estimate of drug-likeness (QED) is 0.757. The van der Waals surface area contributed by atoms with Gasteiger partial charge in [-0.1, -0.05) is 17.7 Å². The zero-order valence-electron chi connectivity index (χ0n) is 14.5. The highest BCUT2D eigenvalue weighted by Gasteiger charge is 2.15. The van der Waals surface area contributed by atoms with Crippen molar-refractivity contribution < 1.29 is 9.59 Å². The summed E-state index contributed by atoms with van der Waals surface area (Å²) in [6.07, 6.45) is 0. The highest BCUT2D eigenvalue weighted by atomic mass is 35.5. The lowest BCUT2D eigenvalue weighted by molar-refractivity contribution is -0.114. The molecule has 0 aromatic heterocycles. The molecule has 132 valence electrons. The van der Waals surface area contributed by atoms with Crippen LogP contribution in [0.3, 0.4) is 0 Å². The van der Waals surface area contributed by atoms with Gasteiger partial charge in [-0.25, -0.2) is 0 Å². The minimum Gasteiger partial charge on any atom is -0.376 e. The van der Waals surface area contributed by atoms with E-state index in [0.717, 1.165) is 5.69 Å². The first kappa shape index (κ1) is 18.8. The first-order valence-corrected chi connectivity index (χ1v) is 8.33. The lowest BCUT2D eigenvalue weighted by Crippen LogP contribution is -2.40. The Hall–Kier alpha value is -2.53. The molecular formula is C19H22ClN3O2. The van der Waals surface area contributed by atoms with Crippen LogP contribution in [0.15, 0.2) is 48.5 Å². The molecule has 3 N–H and O–H groups in total. The van der Waals surface area contributed by atoms with Gasteiger partial charge in [0, 0.05) is 27.5 Å². The largest absolute Gasteiger partial charge is 0.376 e. The van der Waals surface area contributed by atoms with Gasteiger partial charge in [0.2, 0.25) is 5.91 Å². The number of carbonyl (C=O) groups is 2. The van der Waals surface area contributed by atoms with E-state index in [1.165, 1.54) is 0 Å². The van der Waals surface area contributed by atoms with Gasteiger partial charge in [-0.05, 0) is 63.2 Å². The third-order valence-corrected chi connectivity index (χ3v) is 3.43. The van der Waals surface area contributed by atoms with Gasteiger partial charge >= 0.3 is 0 Å². The predicted molar refractivity (Wildman–Crippen MR) is 102 cm³/mol. The number of hydrogen-bond donors (Lipinski definition) is 3. The van der Waals surface area contributed by atoms with Crippen molar-refractivity contribution >= 4 is 34.8 Å². The second-order valence-electron chi connectivity index (χ2n) is 6.69. The molecule has 2 amide bonds. The van der Waals surface area contributed by atoms with Gasteiger partial charge in [0.1, 0.15) is 0 Å². The zero-order chi connectivity index (χ0) is 18.4. The average molecular weight is 360 g/mol. The third kappa shape index (κ3) is 6.47. The molecule has 0 bridgehead atoms. The molecule has 0 spiro atoms. The smallest absolute Gasteiger partial charge is 0.251 e. The van der Waals surface area contributed by atoms with Gasteiger partial charge in [0.15, 0.2) is 0 Å². The Labute approximate surface area is 152 Å². The predicted octanol–water partition coefficient (Wildman–Crippen LogP) is 3.92.